The van der Waals surface area contributed by atoms with E-state index in [0.29, 0.717) is 5.69 Å². The number of anilines is 1. The molecule has 0 heterocycles. The predicted octanol–water partition coefficient (Wildman–Crippen LogP) is 2.63. The zero-order valence-electron chi connectivity index (χ0n) is 16.3. The second kappa shape index (κ2) is 7.74. The normalized spacial score (nSPS) is 13.0. The molecule has 1 rings (SSSR count). The van der Waals surface area contributed by atoms with Crippen molar-refractivity contribution < 1.29 is 13.2 Å². The molecule has 1 amide bonds. The van der Waals surface area contributed by atoms with Crippen LogP contribution in [-0.4, -0.2) is 44.8 Å². The summed E-state index contributed by atoms with van der Waals surface area (Å²) < 4.78 is 27.5. The van der Waals surface area contributed by atoms with Gasteiger partial charge in [-0.3, -0.25) is 4.79 Å². The maximum absolute atomic E-state index is 12.6. The van der Waals surface area contributed by atoms with E-state index in [4.69, 9.17) is 0 Å². The van der Waals surface area contributed by atoms with E-state index in [1.54, 1.807) is 30.3 Å². The summed E-state index contributed by atoms with van der Waals surface area (Å²) in [6.45, 7) is 9.94. The highest BCUT2D eigenvalue weighted by atomic mass is 32.2. The van der Waals surface area contributed by atoms with E-state index in [1.807, 2.05) is 13.8 Å². The highest BCUT2D eigenvalue weighted by Gasteiger charge is 2.31. The number of hydrogen-bond donors (Lipinski definition) is 1. The maximum Gasteiger partial charge on any atom is 0.304 e. The number of rotatable bonds is 7. The lowest BCUT2D eigenvalue weighted by Gasteiger charge is -2.34. The molecule has 1 N–H and O–H groups in total. The monoisotopic (exact) mass is 369 g/mol. The van der Waals surface area contributed by atoms with E-state index < -0.39 is 15.7 Å². The fourth-order valence-corrected chi connectivity index (χ4v) is 4.08. The molecule has 0 fully saturated rings. The summed E-state index contributed by atoms with van der Waals surface area (Å²) in [5.41, 5.74) is 0.0746. The number of hydrogen-bond acceptors (Lipinski definition) is 3. The number of carbonyl (C=O) groups excluding carboxylic acids is 1. The Morgan fingerprint density at radius 1 is 1.04 bits per heavy atom. The molecule has 0 aliphatic rings. The number of benzene rings is 1. The van der Waals surface area contributed by atoms with Gasteiger partial charge in [0.2, 0.25) is 5.91 Å². The first kappa shape index (κ1) is 21.4. The van der Waals surface area contributed by atoms with E-state index in [1.165, 1.54) is 14.1 Å². The quantitative estimate of drug-likeness (QED) is 0.803. The largest absolute Gasteiger partial charge is 0.350 e. The minimum atomic E-state index is -3.77. The van der Waals surface area contributed by atoms with Crippen LogP contribution in [0.5, 0.6) is 0 Å². The average Bonchev–Trinajstić information content (AvgIpc) is 2.42. The Labute approximate surface area is 152 Å². The molecule has 0 unspecified atom stereocenters. The predicted molar refractivity (Wildman–Crippen MR) is 103 cm³/mol. The first-order valence-corrected chi connectivity index (χ1v) is 9.71. The average molecular weight is 370 g/mol. The third kappa shape index (κ3) is 6.66. The zero-order valence-corrected chi connectivity index (χ0v) is 17.1. The Hall–Kier alpha value is -1.60. The SMILES string of the molecule is CN(C)S(=O)(=O)N(CC(=O)NC(C)(C)CC(C)(C)C)c1ccccc1. The van der Waals surface area contributed by atoms with Gasteiger partial charge in [-0.2, -0.15) is 12.7 Å². The van der Waals surface area contributed by atoms with Gasteiger partial charge in [-0.15, -0.1) is 0 Å². The Balaban J connectivity index is 3.02. The molecule has 0 aliphatic carbocycles. The Morgan fingerprint density at radius 3 is 2.00 bits per heavy atom. The van der Waals surface area contributed by atoms with Gasteiger partial charge in [0.25, 0.3) is 0 Å². The summed E-state index contributed by atoms with van der Waals surface area (Å²) in [6, 6.07) is 8.64. The Morgan fingerprint density at radius 2 is 1.56 bits per heavy atom. The topological polar surface area (TPSA) is 69.7 Å². The minimum absolute atomic E-state index is 0.0472. The second-order valence-electron chi connectivity index (χ2n) is 8.30. The van der Waals surface area contributed by atoms with Crippen LogP contribution >= 0.6 is 0 Å². The molecule has 6 nitrogen and oxygen atoms in total. The van der Waals surface area contributed by atoms with Crippen LogP contribution in [0.4, 0.5) is 5.69 Å². The van der Waals surface area contributed by atoms with E-state index in [9.17, 15) is 13.2 Å². The highest BCUT2D eigenvalue weighted by molar-refractivity contribution is 7.90. The van der Waals surface area contributed by atoms with Crippen molar-refractivity contribution in [1.82, 2.24) is 9.62 Å². The number of nitrogens with zero attached hydrogens (tertiary/aromatic N) is 2. The van der Waals surface area contributed by atoms with E-state index in [0.717, 1.165) is 15.0 Å². The molecule has 0 bridgehead atoms. The van der Waals surface area contributed by atoms with Gasteiger partial charge >= 0.3 is 10.2 Å². The van der Waals surface area contributed by atoms with Gasteiger partial charge in [0.15, 0.2) is 0 Å². The third-order valence-corrected chi connectivity index (χ3v) is 5.34. The van der Waals surface area contributed by atoms with Gasteiger partial charge in [-0.05, 0) is 37.8 Å². The van der Waals surface area contributed by atoms with Gasteiger partial charge < -0.3 is 5.32 Å². The van der Waals surface area contributed by atoms with Crippen LogP contribution in [-0.2, 0) is 15.0 Å². The van der Waals surface area contributed by atoms with E-state index >= 15 is 0 Å². The first-order chi connectivity index (χ1) is 11.2. The zero-order chi connectivity index (χ0) is 19.5. The van der Waals surface area contributed by atoms with Crippen molar-refractivity contribution in [2.45, 2.75) is 46.6 Å². The van der Waals surface area contributed by atoms with Crippen LogP contribution < -0.4 is 9.62 Å². The molecule has 0 saturated carbocycles. The van der Waals surface area contributed by atoms with Gasteiger partial charge in [-0.25, -0.2) is 4.31 Å². The smallest absolute Gasteiger partial charge is 0.304 e. The van der Waals surface area contributed by atoms with Gasteiger partial charge in [0.1, 0.15) is 6.54 Å². The van der Waals surface area contributed by atoms with Crippen molar-refractivity contribution in [2.75, 3.05) is 24.9 Å². The summed E-state index contributed by atoms with van der Waals surface area (Å²) in [5, 5.41) is 2.96. The molecule has 0 saturated heterocycles. The molecule has 0 spiro atoms. The van der Waals surface area contributed by atoms with E-state index in [-0.39, 0.29) is 17.9 Å². The van der Waals surface area contributed by atoms with E-state index in [2.05, 4.69) is 26.1 Å². The van der Waals surface area contributed by atoms with Crippen molar-refractivity contribution in [3.63, 3.8) is 0 Å². The van der Waals surface area contributed by atoms with Gasteiger partial charge in [0.05, 0.1) is 5.69 Å². The van der Waals surface area contributed by atoms with Gasteiger partial charge in [0, 0.05) is 19.6 Å². The molecule has 25 heavy (non-hydrogen) atoms. The van der Waals surface area contributed by atoms with Crippen molar-refractivity contribution in [3.05, 3.63) is 30.3 Å². The maximum atomic E-state index is 12.6. The Kier molecular flexibility index (Phi) is 6.64. The van der Waals surface area contributed by atoms with Crippen molar-refractivity contribution in [1.29, 1.82) is 0 Å². The van der Waals surface area contributed by atoms with Gasteiger partial charge in [-0.1, -0.05) is 39.0 Å². The standard InChI is InChI=1S/C18H31N3O3S/c1-17(2,3)14-18(4,5)19-16(22)13-21(25(23,24)20(6)7)15-11-9-8-10-12-15/h8-12H,13-14H2,1-7H3,(H,19,22). The van der Waals surface area contributed by atoms with Crippen LogP contribution in [0.15, 0.2) is 30.3 Å². The van der Waals surface area contributed by atoms with Crippen LogP contribution in [0.3, 0.4) is 0 Å². The van der Waals surface area contributed by atoms with Crippen molar-refractivity contribution >= 4 is 21.8 Å². The molecule has 7 heteroatoms. The number of amides is 1. The summed E-state index contributed by atoms with van der Waals surface area (Å²) in [6.07, 6.45) is 0.775. The highest BCUT2D eigenvalue weighted by Crippen LogP contribution is 2.27. The molecule has 142 valence electrons. The van der Waals surface area contributed by atoms with Crippen LogP contribution in [0, 0.1) is 5.41 Å². The summed E-state index contributed by atoms with van der Waals surface area (Å²) in [5.74, 6) is -0.330. The number of nitrogens with one attached hydrogen (secondary N) is 1. The van der Waals surface area contributed by atoms with Crippen LogP contribution in [0.1, 0.15) is 41.0 Å². The molecule has 0 atom stereocenters. The Bertz CT molecular complexity index is 677. The molecule has 1 aromatic carbocycles. The molecular formula is C18H31N3O3S. The fraction of sp³-hybridized carbons (Fsp3) is 0.611. The van der Waals surface area contributed by atoms with Crippen LogP contribution in [0.2, 0.25) is 0 Å². The molecule has 0 aromatic heterocycles. The van der Waals surface area contributed by atoms with Crippen molar-refractivity contribution in [3.8, 4) is 0 Å². The fourth-order valence-electron chi connectivity index (χ4n) is 3.01. The lowest BCUT2D eigenvalue weighted by molar-refractivity contribution is -0.121. The first-order valence-electron chi connectivity index (χ1n) is 8.31. The summed E-state index contributed by atoms with van der Waals surface area (Å²) in [7, 11) is -0.870. The molecular weight excluding hydrogens is 338 g/mol. The summed E-state index contributed by atoms with van der Waals surface area (Å²) in [4.78, 5) is 12.6. The lowest BCUT2D eigenvalue weighted by atomic mass is 9.82. The minimum Gasteiger partial charge on any atom is -0.350 e. The molecule has 1 aromatic rings. The van der Waals surface area contributed by atoms with Crippen LogP contribution in [0.25, 0.3) is 0 Å². The molecule has 0 aliphatic heterocycles. The second-order valence-corrected chi connectivity index (χ2v) is 10.4. The molecule has 0 radical (unpaired) electrons. The summed E-state index contributed by atoms with van der Waals surface area (Å²) >= 11 is 0. The number of para-hydroxylation sites is 1. The number of carbonyl (C=O) groups is 1. The lowest BCUT2D eigenvalue weighted by Crippen LogP contribution is -2.51. The third-order valence-electron chi connectivity index (χ3n) is 3.52. The van der Waals surface area contributed by atoms with Crippen molar-refractivity contribution in [2.24, 2.45) is 5.41 Å².